The van der Waals surface area contributed by atoms with E-state index in [4.69, 9.17) is 9.47 Å². The molecule has 0 atom stereocenters. The highest BCUT2D eigenvalue weighted by Crippen LogP contribution is 2.35. The maximum Gasteiger partial charge on any atom is 0.272 e. The van der Waals surface area contributed by atoms with Gasteiger partial charge in [0, 0.05) is 16.7 Å². The van der Waals surface area contributed by atoms with E-state index < -0.39 is 11.4 Å². The van der Waals surface area contributed by atoms with E-state index in [0.29, 0.717) is 41.4 Å². The number of rotatable bonds is 4. The summed E-state index contributed by atoms with van der Waals surface area (Å²) in [6.45, 7) is 18.0. The fourth-order valence-electron chi connectivity index (χ4n) is 3.16. The van der Waals surface area contributed by atoms with Gasteiger partial charge in [-0.2, -0.15) is 0 Å². The first-order chi connectivity index (χ1) is 13.9. The molecular formula is C24H32N2O4. The standard InChI is InChI=1S/C24H32N2O4/c1-15(2)13-16(3)14-17(4)23(28)26(24(6,7)8)25-22(27)19-9-10-20-21(18(19)5)30-12-11-29-20/h9-10,13-14H,4,11-12H2,1-3,5-8H3,(H,25,27). The van der Waals surface area contributed by atoms with Crippen LogP contribution >= 0.6 is 0 Å². The van der Waals surface area contributed by atoms with E-state index in [-0.39, 0.29) is 5.91 Å². The monoisotopic (exact) mass is 412 g/mol. The first kappa shape index (κ1) is 23.3. The van der Waals surface area contributed by atoms with Crippen molar-refractivity contribution in [2.75, 3.05) is 13.2 Å². The number of hydrazine groups is 1. The largest absolute Gasteiger partial charge is 0.486 e. The molecule has 1 aromatic carbocycles. The molecule has 1 aliphatic heterocycles. The number of fused-ring (bicyclic) bond motifs is 1. The van der Waals surface area contributed by atoms with Crippen LogP contribution in [-0.4, -0.2) is 35.6 Å². The fourth-order valence-corrected chi connectivity index (χ4v) is 3.16. The lowest BCUT2D eigenvalue weighted by molar-refractivity contribution is -0.134. The third-order valence-corrected chi connectivity index (χ3v) is 4.48. The molecule has 0 spiro atoms. The first-order valence-corrected chi connectivity index (χ1v) is 9.98. The van der Waals surface area contributed by atoms with E-state index in [0.717, 1.165) is 11.1 Å². The summed E-state index contributed by atoms with van der Waals surface area (Å²) in [6, 6.07) is 3.39. The van der Waals surface area contributed by atoms with Crippen molar-refractivity contribution in [1.82, 2.24) is 10.4 Å². The second-order valence-electron chi connectivity index (χ2n) is 8.65. The minimum absolute atomic E-state index is 0.291. The van der Waals surface area contributed by atoms with Gasteiger partial charge in [0.1, 0.15) is 13.2 Å². The van der Waals surface area contributed by atoms with Gasteiger partial charge >= 0.3 is 0 Å². The number of carbonyl (C=O) groups is 2. The summed E-state index contributed by atoms with van der Waals surface area (Å²) in [6.07, 6.45) is 3.69. The summed E-state index contributed by atoms with van der Waals surface area (Å²) in [4.78, 5) is 26.1. The summed E-state index contributed by atoms with van der Waals surface area (Å²) in [7, 11) is 0. The Labute approximate surface area is 179 Å². The van der Waals surface area contributed by atoms with Crippen LogP contribution in [0.4, 0.5) is 0 Å². The van der Waals surface area contributed by atoms with E-state index in [2.05, 4.69) is 12.0 Å². The second kappa shape index (κ2) is 9.20. The molecule has 0 saturated carbocycles. The highest BCUT2D eigenvalue weighted by atomic mass is 16.6. The Bertz CT molecular complexity index is 916. The number of nitrogens with one attached hydrogen (secondary N) is 1. The van der Waals surface area contributed by atoms with Crippen LogP contribution in [0.15, 0.2) is 47.6 Å². The highest BCUT2D eigenvalue weighted by Gasteiger charge is 2.30. The molecular weight excluding hydrogens is 380 g/mol. The van der Waals surface area contributed by atoms with Gasteiger partial charge in [0.05, 0.1) is 5.54 Å². The zero-order valence-electron chi connectivity index (χ0n) is 19.0. The molecule has 30 heavy (non-hydrogen) atoms. The SMILES string of the molecule is C=C(C=C(C)C=C(C)C)C(=O)N(NC(=O)c1ccc2c(c1C)OCCO2)C(C)(C)C. The molecule has 0 aliphatic carbocycles. The van der Waals surface area contributed by atoms with Crippen LogP contribution in [0.5, 0.6) is 11.5 Å². The molecule has 162 valence electrons. The summed E-state index contributed by atoms with van der Waals surface area (Å²) >= 11 is 0. The van der Waals surface area contributed by atoms with Crippen molar-refractivity contribution in [2.24, 2.45) is 0 Å². The van der Waals surface area contributed by atoms with Crippen molar-refractivity contribution < 1.29 is 19.1 Å². The number of nitrogens with zero attached hydrogens (tertiary/aromatic N) is 1. The molecule has 0 aromatic heterocycles. The molecule has 6 heteroatoms. The lowest BCUT2D eigenvalue weighted by Gasteiger charge is -2.36. The van der Waals surface area contributed by atoms with Crippen LogP contribution < -0.4 is 14.9 Å². The Morgan fingerprint density at radius 1 is 1.10 bits per heavy atom. The van der Waals surface area contributed by atoms with Crippen molar-refractivity contribution in [3.63, 3.8) is 0 Å². The number of carbonyl (C=O) groups excluding carboxylic acids is 2. The summed E-state index contributed by atoms with van der Waals surface area (Å²) in [5, 5.41) is 1.32. The second-order valence-corrected chi connectivity index (χ2v) is 8.65. The molecule has 1 N–H and O–H groups in total. The maximum atomic E-state index is 13.1. The van der Waals surface area contributed by atoms with E-state index in [1.165, 1.54) is 5.01 Å². The van der Waals surface area contributed by atoms with E-state index in [9.17, 15) is 9.59 Å². The normalized spacial score (nSPS) is 13.4. The Morgan fingerprint density at radius 3 is 2.33 bits per heavy atom. The molecule has 1 aromatic rings. The van der Waals surface area contributed by atoms with Gasteiger partial charge in [-0.05, 0) is 66.7 Å². The Balaban J connectivity index is 2.29. The number of ether oxygens (including phenoxy) is 2. The van der Waals surface area contributed by atoms with Crippen molar-refractivity contribution in [3.8, 4) is 11.5 Å². The van der Waals surface area contributed by atoms with Crippen LogP contribution in [0.25, 0.3) is 0 Å². The summed E-state index contributed by atoms with van der Waals surface area (Å²) in [5.41, 5.74) is 5.52. The van der Waals surface area contributed by atoms with Gasteiger partial charge in [0.15, 0.2) is 11.5 Å². The first-order valence-electron chi connectivity index (χ1n) is 9.98. The minimum Gasteiger partial charge on any atom is -0.486 e. The average Bonchev–Trinajstić information content (AvgIpc) is 2.64. The van der Waals surface area contributed by atoms with Gasteiger partial charge in [0.25, 0.3) is 11.8 Å². The van der Waals surface area contributed by atoms with Crippen LogP contribution in [0.2, 0.25) is 0 Å². The van der Waals surface area contributed by atoms with Gasteiger partial charge in [-0.1, -0.05) is 23.8 Å². The Hall–Kier alpha value is -3.02. The molecule has 0 radical (unpaired) electrons. The van der Waals surface area contributed by atoms with Crippen LogP contribution in [-0.2, 0) is 4.79 Å². The molecule has 1 aliphatic rings. The van der Waals surface area contributed by atoms with Crippen molar-refractivity contribution >= 4 is 11.8 Å². The number of amides is 2. The van der Waals surface area contributed by atoms with Gasteiger partial charge in [-0.15, -0.1) is 0 Å². The van der Waals surface area contributed by atoms with Crippen LogP contribution in [0.3, 0.4) is 0 Å². The zero-order valence-corrected chi connectivity index (χ0v) is 19.0. The smallest absolute Gasteiger partial charge is 0.272 e. The van der Waals surface area contributed by atoms with Gasteiger partial charge in [-0.3, -0.25) is 15.0 Å². The van der Waals surface area contributed by atoms with E-state index in [1.54, 1.807) is 25.1 Å². The predicted molar refractivity (Wildman–Crippen MR) is 119 cm³/mol. The third-order valence-electron chi connectivity index (χ3n) is 4.48. The minimum atomic E-state index is -0.657. The lowest BCUT2D eigenvalue weighted by atomic mass is 10.0. The Morgan fingerprint density at radius 2 is 1.73 bits per heavy atom. The molecule has 2 rings (SSSR count). The van der Waals surface area contributed by atoms with Crippen LogP contribution in [0.1, 0.15) is 57.5 Å². The van der Waals surface area contributed by atoms with Crippen LogP contribution in [0, 0.1) is 6.92 Å². The number of allylic oxidation sites excluding steroid dienone is 3. The number of hydrogen-bond donors (Lipinski definition) is 1. The molecule has 0 bridgehead atoms. The van der Waals surface area contributed by atoms with Crippen molar-refractivity contribution in [2.45, 2.75) is 54.0 Å². The van der Waals surface area contributed by atoms with E-state index in [1.807, 2.05) is 47.6 Å². The highest BCUT2D eigenvalue weighted by molar-refractivity contribution is 6.01. The molecule has 0 saturated heterocycles. The molecule has 1 heterocycles. The quantitative estimate of drug-likeness (QED) is 0.449. The van der Waals surface area contributed by atoms with E-state index >= 15 is 0 Å². The predicted octanol–water partition coefficient (Wildman–Crippen LogP) is 4.51. The lowest BCUT2D eigenvalue weighted by Crippen LogP contribution is -2.56. The van der Waals surface area contributed by atoms with Crippen molar-refractivity contribution in [1.29, 1.82) is 0 Å². The van der Waals surface area contributed by atoms with Gasteiger partial charge < -0.3 is 9.47 Å². The van der Waals surface area contributed by atoms with Crippen molar-refractivity contribution in [3.05, 3.63) is 58.7 Å². The number of benzene rings is 1. The third kappa shape index (κ3) is 5.53. The molecule has 2 amide bonds. The van der Waals surface area contributed by atoms with Gasteiger partial charge in [-0.25, -0.2) is 5.01 Å². The molecule has 0 unspecified atom stereocenters. The Kier molecular flexibility index (Phi) is 7.13. The summed E-state index contributed by atoms with van der Waals surface area (Å²) < 4.78 is 11.2. The van der Waals surface area contributed by atoms with Gasteiger partial charge in [0.2, 0.25) is 0 Å². The number of hydrogen-bond acceptors (Lipinski definition) is 4. The molecule has 0 fully saturated rings. The zero-order chi connectivity index (χ0) is 22.6. The average molecular weight is 413 g/mol. The molecule has 6 nitrogen and oxygen atoms in total. The topological polar surface area (TPSA) is 67.9 Å². The fraction of sp³-hybridized carbons (Fsp3) is 0.417. The maximum absolute atomic E-state index is 13.1. The summed E-state index contributed by atoms with van der Waals surface area (Å²) in [5.74, 6) is 0.414.